The fourth-order valence-electron chi connectivity index (χ4n) is 0.937. The summed E-state index contributed by atoms with van der Waals surface area (Å²) in [7, 11) is 0. The van der Waals surface area contributed by atoms with Crippen LogP contribution >= 0.6 is 0 Å². The van der Waals surface area contributed by atoms with E-state index in [0.717, 1.165) is 12.4 Å². The number of pyridine rings is 1. The molecule has 0 bridgehead atoms. The fourth-order valence-corrected chi connectivity index (χ4v) is 0.937. The number of rotatable bonds is 2. The summed E-state index contributed by atoms with van der Waals surface area (Å²) in [5.74, 6) is -2.92. The van der Waals surface area contributed by atoms with Gasteiger partial charge in [-0.25, -0.2) is 9.18 Å². The molecule has 0 aliphatic rings. The van der Waals surface area contributed by atoms with Gasteiger partial charge in [0, 0.05) is 6.92 Å². The average molecular weight is 198 g/mol. The maximum absolute atomic E-state index is 13.0. The number of amides is 1. The third kappa shape index (κ3) is 2.03. The first-order chi connectivity index (χ1) is 6.52. The lowest BCUT2D eigenvalue weighted by Crippen LogP contribution is -2.12. The van der Waals surface area contributed by atoms with E-state index < -0.39 is 23.3 Å². The van der Waals surface area contributed by atoms with Gasteiger partial charge in [0.05, 0.1) is 18.1 Å². The Labute approximate surface area is 78.6 Å². The quantitative estimate of drug-likeness (QED) is 0.739. The summed E-state index contributed by atoms with van der Waals surface area (Å²) in [5, 5.41) is 10.8. The van der Waals surface area contributed by atoms with Gasteiger partial charge in [-0.1, -0.05) is 0 Å². The molecule has 0 aliphatic heterocycles. The van der Waals surface area contributed by atoms with Crippen LogP contribution in [0.4, 0.5) is 10.1 Å². The molecule has 14 heavy (non-hydrogen) atoms. The van der Waals surface area contributed by atoms with Gasteiger partial charge in [-0.05, 0) is 0 Å². The summed E-state index contributed by atoms with van der Waals surface area (Å²) in [6.07, 6.45) is 1.85. The molecule has 1 aromatic rings. The Hall–Kier alpha value is -1.98. The first-order valence-corrected chi connectivity index (χ1v) is 3.66. The maximum Gasteiger partial charge on any atom is 0.340 e. The van der Waals surface area contributed by atoms with Gasteiger partial charge in [-0.3, -0.25) is 9.78 Å². The van der Waals surface area contributed by atoms with Crippen LogP contribution in [0.1, 0.15) is 17.3 Å². The summed E-state index contributed by atoms with van der Waals surface area (Å²) in [5.41, 5.74) is -0.736. The molecule has 1 aromatic heterocycles. The third-order valence-corrected chi connectivity index (χ3v) is 1.42. The van der Waals surface area contributed by atoms with Gasteiger partial charge in [-0.15, -0.1) is 0 Å². The lowest BCUT2D eigenvalue weighted by atomic mass is 10.2. The Kier molecular flexibility index (Phi) is 2.76. The first-order valence-electron chi connectivity index (χ1n) is 3.66. The lowest BCUT2D eigenvalue weighted by molar-refractivity contribution is -0.114. The number of halogens is 1. The number of nitrogens with zero attached hydrogens (tertiary/aromatic N) is 1. The van der Waals surface area contributed by atoms with Crippen molar-refractivity contribution in [1.29, 1.82) is 0 Å². The van der Waals surface area contributed by atoms with Crippen LogP contribution in [0.3, 0.4) is 0 Å². The van der Waals surface area contributed by atoms with Crippen LogP contribution in [0.15, 0.2) is 12.4 Å². The molecular weight excluding hydrogens is 191 g/mol. The second-order valence-electron chi connectivity index (χ2n) is 2.53. The maximum atomic E-state index is 13.0. The van der Waals surface area contributed by atoms with Crippen molar-refractivity contribution in [3.63, 3.8) is 0 Å². The van der Waals surface area contributed by atoms with Gasteiger partial charge in [0.15, 0.2) is 5.82 Å². The van der Waals surface area contributed by atoms with Gasteiger partial charge >= 0.3 is 5.97 Å². The predicted molar refractivity (Wildman–Crippen MR) is 45.5 cm³/mol. The molecule has 0 aliphatic carbocycles. The number of anilines is 1. The van der Waals surface area contributed by atoms with Crippen molar-refractivity contribution in [2.24, 2.45) is 0 Å². The second-order valence-corrected chi connectivity index (χ2v) is 2.53. The summed E-state index contributed by atoms with van der Waals surface area (Å²) < 4.78 is 13.0. The van der Waals surface area contributed by atoms with E-state index >= 15 is 0 Å². The second kappa shape index (κ2) is 3.82. The molecule has 1 amide bonds. The average Bonchev–Trinajstić information content (AvgIpc) is 2.01. The van der Waals surface area contributed by atoms with Crippen molar-refractivity contribution in [3.05, 3.63) is 23.8 Å². The van der Waals surface area contributed by atoms with Gasteiger partial charge < -0.3 is 10.4 Å². The van der Waals surface area contributed by atoms with Gasteiger partial charge in [0.25, 0.3) is 0 Å². The van der Waals surface area contributed by atoms with Gasteiger partial charge in [-0.2, -0.15) is 0 Å². The Morgan fingerprint density at radius 2 is 2.14 bits per heavy atom. The van der Waals surface area contributed by atoms with E-state index in [4.69, 9.17) is 5.11 Å². The topological polar surface area (TPSA) is 79.3 Å². The molecule has 74 valence electrons. The number of carbonyl (C=O) groups excluding carboxylic acids is 1. The lowest BCUT2D eigenvalue weighted by Gasteiger charge is -2.05. The SMILES string of the molecule is CC(=O)Nc1cncc(F)c1C(=O)O. The number of hydrogen-bond acceptors (Lipinski definition) is 3. The highest BCUT2D eigenvalue weighted by Gasteiger charge is 2.16. The Bertz CT molecular complexity index is 392. The van der Waals surface area contributed by atoms with E-state index in [1.54, 1.807) is 0 Å². The van der Waals surface area contributed by atoms with Crippen molar-refractivity contribution < 1.29 is 19.1 Å². The van der Waals surface area contributed by atoms with Crippen molar-refractivity contribution in [2.75, 3.05) is 5.32 Å². The molecule has 0 aromatic carbocycles. The molecule has 2 N–H and O–H groups in total. The van der Waals surface area contributed by atoms with Crippen molar-refractivity contribution in [3.8, 4) is 0 Å². The highest BCUT2D eigenvalue weighted by molar-refractivity contribution is 5.99. The summed E-state index contributed by atoms with van der Waals surface area (Å²) >= 11 is 0. The summed E-state index contributed by atoms with van der Waals surface area (Å²) in [4.78, 5) is 24.7. The first kappa shape index (κ1) is 10.1. The van der Waals surface area contributed by atoms with Crippen LogP contribution in [0.2, 0.25) is 0 Å². The standard InChI is InChI=1S/C8H7FN2O3/c1-4(12)11-6-3-10-2-5(9)7(6)8(13)14/h2-3H,1H3,(H,11,12)(H,13,14). The summed E-state index contributed by atoms with van der Waals surface area (Å²) in [6.45, 7) is 1.19. The Balaban J connectivity index is 3.21. The molecule has 0 saturated heterocycles. The van der Waals surface area contributed by atoms with E-state index in [1.807, 2.05) is 0 Å². The highest BCUT2D eigenvalue weighted by Crippen LogP contribution is 2.16. The molecule has 0 spiro atoms. The molecule has 6 heteroatoms. The van der Waals surface area contributed by atoms with Crippen LogP contribution in [0.5, 0.6) is 0 Å². The van der Waals surface area contributed by atoms with E-state index in [9.17, 15) is 14.0 Å². The third-order valence-electron chi connectivity index (χ3n) is 1.42. The highest BCUT2D eigenvalue weighted by atomic mass is 19.1. The van der Waals surface area contributed by atoms with Crippen LogP contribution in [-0.2, 0) is 4.79 Å². The Morgan fingerprint density at radius 3 is 2.64 bits per heavy atom. The molecule has 5 nitrogen and oxygen atoms in total. The minimum atomic E-state index is -1.45. The van der Waals surface area contributed by atoms with Gasteiger partial charge in [0.1, 0.15) is 5.56 Å². The van der Waals surface area contributed by atoms with Crippen LogP contribution in [0, 0.1) is 5.82 Å². The zero-order chi connectivity index (χ0) is 10.7. The number of carbonyl (C=O) groups is 2. The minimum Gasteiger partial charge on any atom is -0.478 e. The molecule has 0 atom stereocenters. The zero-order valence-electron chi connectivity index (χ0n) is 7.24. The normalized spacial score (nSPS) is 9.57. The molecule has 1 rings (SSSR count). The number of carboxylic acid groups (broad SMARTS) is 1. The van der Waals surface area contributed by atoms with Crippen LogP contribution in [0.25, 0.3) is 0 Å². The van der Waals surface area contributed by atoms with Crippen LogP contribution < -0.4 is 5.32 Å². The molecule has 1 heterocycles. The van der Waals surface area contributed by atoms with E-state index in [1.165, 1.54) is 6.92 Å². The largest absolute Gasteiger partial charge is 0.478 e. The number of aromatic carboxylic acids is 1. The van der Waals surface area contributed by atoms with Crippen LogP contribution in [-0.4, -0.2) is 22.0 Å². The smallest absolute Gasteiger partial charge is 0.340 e. The molecular formula is C8H7FN2O3. The Morgan fingerprint density at radius 1 is 1.50 bits per heavy atom. The van der Waals surface area contributed by atoms with Crippen molar-refractivity contribution in [2.45, 2.75) is 6.92 Å². The molecule has 0 unspecified atom stereocenters. The molecule has 0 saturated carbocycles. The summed E-state index contributed by atoms with van der Waals surface area (Å²) in [6, 6.07) is 0. The molecule has 0 radical (unpaired) electrons. The van der Waals surface area contributed by atoms with Crippen molar-refractivity contribution >= 4 is 17.6 Å². The van der Waals surface area contributed by atoms with Gasteiger partial charge in [0.2, 0.25) is 5.91 Å². The fraction of sp³-hybridized carbons (Fsp3) is 0.125. The zero-order valence-corrected chi connectivity index (χ0v) is 7.24. The monoisotopic (exact) mass is 198 g/mol. The number of hydrogen-bond donors (Lipinski definition) is 2. The number of carboxylic acids is 1. The number of aromatic nitrogens is 1. The van der Waals surface area contributed by atoms with E-state index in [2.05, 4.69) is 10.3 Å². The predicted octanol–water partition coefficient (Wildman–Crippen LogP) is 0.877. The number of nitrogens with one attached hydrogen (secondary N) is 1. The molecule has 0 fully saturated rings. The van der Waals surface area contributed by atoms with E-state index in [-0.39, 0.29) is 5.69 Å². The van der Waals surface area contributed by atoms with Crippen molar-refractivity contribution in [1.82, 2.24) is 4.98 Å². The van der Waals surface area contributed by atoms with E-state index in [0.29, 0.717) is 0 Å². The minimum absolute atomic E-state index is 0.148.